The van der Waals surface area contributed by atoms with Crippen molar-refractivity contribution < 1.29 is 44.2 Å². The van der Waals surface area contributed by atoms with Crippen LogP contribution in [0.2, 0.25) is 20.1 Å². The van der Waals surface area contributed by atoms with Crippen LogP contribution in [0.15, 0.2) is 55.1 Å². The monoisotopic (exact) mass is 718 g/mol. The molecule has 236 valence electrons. The SMILES string of the molecule is O=C(Nc1c(Cl)cncc1Cl)C(=O)c1cn(CCCCCC[NH+]2CC[NH+](c3ccc(Cl)c(Cl)c3)CC2)c2ncccc12.[Cl-].[Cl-]. The minimum atomic E-state index is -0.824. The van der Waals surface area contributed by atoms with Crippen LogP contribution in [0.25, 0.3) is 11.0 Å². The van der Waals surface area contributed by atoms with Gasteiger partial charge in [-0.05, 0) is 37.5 Å². The molecule has 0 bridgehead atoms. The fourth-order valence-corrected chi connectivity index (χ4v) is 6.23. The molecule has 0 spiro atoms. The Morgan fingerprint density at radius 2 is 1.57 bits per heavy atom. The van der Waals surface area contributed by atoms with Crippen molar-refractivity contribution in [2.24, 2.45) is 0 Å². The lowest BCUT2D eigenvalue weighted by molar-refractivity contribution is -0.986. The highest BCUT2D eigenvalue weighted by molar-refractivity contribution is 6.50. The number of amides is 1. The summed E-state index contributed by atoms with van der Waals surface area (Å²) in [6.45, 7) is 6.33. The number of carbonyl (C=O) groups is 2. The number of benzene rings is 1. The van der Waals surface area contributed by atoms with Gasteiger partial charge in [-0.2, -0.15) is 0 Å². The first-order valence-corrected chi connectivity index (χ1v) is 15.5. The van der Waals surface area contributed by atoms with Gasteiger partial charge >= 0.3 is 0 Å². The van der Waals surface area contributed by atoms with Crippen LogP contribution in [0.5, 0.6) is 0 Å². The zero-order valence-corrected chi connectivity index (χ0v) is 28.2. The summed E-state index contributed by atoms with van der Waals surface area (Å²) in [6.07, 6.45) is 10.4. The summed E-state index contributed by atoms with van der Waals surface area (Å²) in [4.78, 5) is 37.4. The number of anilines is 1. The molecule has 0 atom stereocenters. The maximum absolute atomic E-state index is 13.1. The minimum Gasteiger partial charge on any atom is -1.00 e. The number of Topliss-reactive ketones (excluding diaryl/α,β-unsaturated/α-hetero) is 1. The van der Waals surface area contributed by atoms with Crippen molar-refractivity contribution >= 4 is 80.5 Å². The van der Waals surface area contributed by atoms with Crippen molar-refractivity contribution in [1.29, 1.82) is 0 Å². The maximum Gasteiger partial charge on any atom is 0.296 e. The van der Waals surface area contributed by atoms with Gasteiger partial charge in [0.15, 0.2) is 0 Å². The number of hydrogen-bond acceptors (Lipinski definition) is 4. The fourth-order valence-electron chi connectivity index (χ4n) is 5.47. The summed E-state index contributed by atoms with van der Waals surface area (Å²) in [5.41, 5.74) is 2.34. The number of rotatable bonds is 11. The smallest absolute Gasteiger partial charge is 0.296 e. The molecule has 1 aromatic carbocycles. The molecule has 1 fully saturated rings. The molecule has 1 amide bonds. The molecule has 1 aliphatic rings. The Hall–Kier alpha value is -2.14. The van der Waals surface area contributed by atoms with Crippen LogP contribution in [0.1, 0.15) is 36.0 Å². The Balaban J connectivity index is 0.00000264. The first kappa shape index (κ1) is 36.3. The van der Waals surface area contributed by atoms with Crippen molar-refractivity contribution in [3.63, 3.8) is 0 Å². The number of aromatic nitrogens is 3. The summed E-state index contributed by atoms with van der Waals surface area (Å²) in [5, 5.41) is 4.68. The molecular weight excluding hydrogens is 689 g/mol. The standard InChI is InChI=1S/C30H30Cl4N6O2.2ClH/c31-23-8-7-20(16-24(23)32)39-14-12-38(13-15-39)10-3-1-2-4-11-40-19-22(21-6-5-9-36-29(21)40)28(41)30(42)37-27-25(33)17-35-18-26(27)34;;/h5-9,16-19H,1-4,10-15H2,(H,35,37,42);2*1H. The number of unbranched alkanes of at least 4 members (excludes halogenated alkanes) is 3. The molecule has 0 unspecified atom stereocenters. The van der Waals surface area contributed by atoms with Crippen LogP contribution in [0.4, 0.5) is 11.4 Å². The molecule has 0 saturated carbocycles. The van der Waals surface area contributed by atoms with E-state index in [9.17, 15) is 9.59 Å². The molecule has 4 aromatic rings. The summed E-state index contributed by atoms with van der Waals surface area (Å²) < 4.78 is 1.96. The average molecular weight is 721 g/mol. The van der Waals surface area contributed by atoms with E-state index in [1.807, 2.05) is 16.7 Å². The van der Waals surface area contributed by atoms with Crippen LogP contribution < -0.4 is 39.9 Å². The fraction of sp³-hybridized carbons (Fsp3) is 0.333. The van der Waals surface area contributed by atoms with Gasteiger partial charge in [-0.3, -0.25) is 19.5 Å². The van der Waals surface area contributed by atoms with Crippen LogP contribution in [-0.4, -0.2) is 58.9 Å². The number of pyridine rings is 2. The van der Waals surface area contributed by atoms with Crippen LogP contribution in [-0.2, 0) is 11.3 Å². The first-order chi connectivity index (χ1) is 20.3. The zero-order chi connectivity index (χ0) is 29.6. The molecule has 3 N–H and O–H groups in total. The highest BCUT2D eigenvalue weighted by Gasteiger charge is 2.25. The van der Waals surface area contributed by atoms with Gasteiger partial charge in [-0.15, -0.1) is 0 Å². The lowest BCUT2D eigenvalue weighted by Crippen LogP contribution is -3.26. The van der Waals surface area contributed by atoms with Gasteiger partial charge in [-0.1, -0.05) is 52.8 Å². The third kappa shape index (κ3) is 8.77. The third-order valence-corrected chi connectivity index (χ3v) is 9.06. The number of fused-ring (bicyclic) bond motifs is 1. The van der Waals surface area contributed by atoms with Crippen molar-refractivity contribution in [2.45, 2.75) is 32.2 Å². The van der Waals surface area contributed by atoms with Crippen molar-refractivity contribution in [2.75, 3.05) is 38.0 Å². The molecular formula is C30H32Cl6N6O2. The average Bonchev–Trinajstić information content (AvgIpc) is 3.36. The lowest BCUT2D eigenvalue weighted by atomic mass is 10.1. The zero-order valence-electron chi connectivity index (χ0n) is 23.7. The summed E-state index contributed by atoms with van der Waals surface area (Å²) >= 11 is 24.5. The van der Waals surface area contributed by atoms with Crippen molar-refractivity contribution in [3.8, 4) is 0 Å². The predicted molar refractivity (Wildman–Crippen MR) is 168 cm³/mol. The number of hydrogen-bond donors (Lipinski definition) is 3. The van der Waals surface area contributed by atoms with Gasteiger partial charge in [0.25, 0.3) is 11.7 Å². The number of piperazine rings is 1. The molecule has 44 heavy (non-hydrogen) atoms. The van der Waals surface area contributed by atoms with E-state index in [0.29, 0.717) is 33.2 Å². The van der Waals surface area contributed by atoms with E-state index in [2.05, 4.69) is 21.4 Å². The van der Waals surface area contributed by atoms with E-state index >= 15 is 0 Å². The van der Waals surface area contributed by atoms with Crippen LogP contribution >= 0.6 is 46.4 Å². The molecule has 1 saturated heterocycles. The minimum absolute atomic E-state index is 0. The van der Waals surface area contributed by atoms with Gasteiger partial charge in [0.2, 0.25) is 0 Å². The van der Waals surface area contributed by atoms with Gasteiger partial charge in [0, 0.05) is 48.9 Å². The maximum atomic E-state index is 13.1. The van der Waals surface area contributed by atoms with Crippen LogP contribution in [0, 0.1) is 0 Å². The Morgan fingerprint density at radius 1 is 0.864 bits per heavy atom. The Kier molecular flexibility index (Phi) is 14.0. The Labute approximate surface area is 288 Å². The topological polar surface area (TPSA) is 85.8 Å². The second-order valence-corrected chi connectivity index (χ2v) is 12.1. The predicted octanol–water partition coefficient (Wildman–Crippen LogP) is -1.45. The molecule has 0 aliphatic carbocycles. The van der Waals surface area contributed by atoms with Gasteiger partial charge in [0.05, 0.1) is 37.9 Å². The van der Waals surface area contributed by atoms with Crippen LogP contribution in [0.3, 0.4) is 0 Å². The lowest BCUT2D eigenvalue weighted by Gasteiger charge is -2.29. The van der Waals surface area contributed by atoms with Crippen molar-refractivity contribution in [1.82, 2.24) is 14.5 Å². The summed E-state index contributed by atoms with van der Waals surface area (Å²) in [5.74, 6) is -1.51. The molecule has 0 radical (unpaired) electrons. The third-order valence-electron chi connectivity index (χ3n) is 7.74. The second kappa shape index (κ2) is 17.0. The van der Waals surface area contributed by atoms with E-state index in [-0.39, 0.29) is 40.5 Å². The highest BCUT2D eigenvalue weighted by atomic mass is 35.5. The quantitative estimate of drug-likeness (QED) is 0.101. The second-order valence-electron chi connectivity index (χ2n) is 10.5. The Bertz CT molecular complexity index is 1570. The summed E-state index contributed by atoms with van der Waals surface area (Å²) in [7, 11) is 0. The first-order valence-electron chi connectivity index (χ1n) is 14.0. The molecule has 14 heteroatoms. The number of nitrogens with one attached hydrogen (secondary N) is 3. The number of quaternary nitrogens is 2. The normalized spacial score (nSPS) is 16.2. The number of nitrogens with zero attached hydrogens (tertiary/aromatic N) is 3. The molecule has 5 rings (SSSR count). The van der Waals surface area contributed by atoms with Gasteiger partial charge in [-0.25, -0.2) is 4.98 Å². The molecule has 1 aliphatic heterocycles. The van der Waals surface area contributed by atoms with E-state index in [0.717, 1.165) is 45.4 Å². The number of halogens is 6. The molecule has 8 nitrogen and oxygen atoms in total. The largest absolute Gasteiger partial charge is 1.00 e. The van der Waals surface area contributed by atoms with E-state index < -0.39 is 11.7 Å². The van der Waals surface area contributed by atoms with E-state index in [4.69, 9.17) is 46.4 Å². The van der Waals surface area contributed by atoms with Gasteiger partial charge < -0.3 is 39.6 Å². The molecule has 3 aromatic heterocycles. The number of ketones is 1. The summed E-state index contributed by atoms with van der Waals surface area (Å²) in [6, 6.07) is 9.49. The van der Waals surface area contributed by atoms with E-state index in [1.165, 1.54) is 35.9 Å². The van der Waals surface area contributed by atoms with Gasteiger partial charge in [0.1, 0.15) is 37.5 Å². The van der Waals surface area contributed by atoms with Crippen molar-refractivity contribution in [3.05, 3.63) is 80.8 Å². The Morgan fingerprint density at radius 3 is 2.27 bits per heavy atom. The molecule has 4 heterocycles. The van der Waals surface area contributed by atoms with E-state index in [1.54, 1.807) is 29.4 Å². The number of aryl methyl sites for hydroxylation is 1. The highest BCUT2D eigenvalue weighted by Crippen LogP contribution is 2.29. The number of carbonyl (C=O) groups excluding carboxylic acids is 2.